The molecular weight excluding hydrogens is 432 g/mol. The van der Waals surface area contributed by atoms with E-state index in [-0.39, 0.29) is 25.7 Å². The van der Waals surface area contributed by atoms with Gasteiger partial charge in [-0.25, -0.2) is 30.2 Å². The summed E-state index contributed by atoms with van der Waals surface area (Å²) in [6, 6.07) is 5.62. The van der Waals surface area contributed by atoms with Gasteiger partial charge in [0, 0.05) is 12.3 Å². The average molecular weight is 451 g/mol. The molecule has 3 rings (SSSR count). The van der Waals surface area contributed by atoms with Gasteiger partial charge < -0.3 is 5.32 Å². The quantitative estimate of drug-likeness (QED) is 0.722. The molecule has 1 N–H and O–H groups in total. The molecule has 1 aromatic carbocycles. The molecule has 27 heavy (non-hydrogen) atoms. The smallest absolute Gasteiger partial charge is 0.226 e. The van der Waals surface area contributed by atoms with Gasteiger partial charge in [0.25, 0.3) is 0 Å². The number of thiazole rings is 1. The molecule has 148 valence electrons. The lowest BCUT2D eigenvalue weighted by Crippen LogP contribution is -2.21. The third kappa shape index (κ3) is 4.33. The lowest BCUT2D eigenvalue weighted by Gasteiger charge is -2.12. The van der Waals surface area contributed by atoms with Crippen molar-refractivity contribution >= 4 is 45.8 Å². The van der Waals surface area contributed by atoms with Crippen molar-refractivity contribution in [1.29, 1.82) is 0 Å². The SMILES string of the molecule is Cc1ccc(S(=O)(=O)c2nc(S(C)(=O)=O)sc2N[C@@H]2CCS(=O)(=O)C2)cc1. The second-order valence-corrected chi connectivity index (χ2v) is 13.7. The average Bonchev–Trinajstić information content (AvgIpc) is 3.11. The number of aryl methyl sites for hydroxylation is 1. The molecule has 8 nitrogen and oxygen atoms in total. The molecule has 1 atom stereocenters. The van der Waals surface area contributed by atoms with Gasteiger partial charge in [0.15, 0.2) is 14.9 Å². The maximum atomic E-state index is 13.0. The Morgan fingerprint density at radius 2 is 1.78 bits per heavy atom. The fourth-order valence-electron chi connectivity index (χ4n) is 2.64. The Bertz CT molecular complexity index is 1180. The predicted molar refractivity (Wildman–Crippen MR) is 103 cm³/mol. The van der Waals surface area contributed by atoms with Gasteiger partial charge in [-0.3, -0.25) is 0 Å². The van der Waals surface area contributed by atoms with Gasteiger partial charge in [0.2, 0.25) is 24.0 Å². The van der Waals surface area contributed by atoms with Crippen LogP contribution in [-0.2, 0) is 29.5 Å². The van der Waals surface area contributed by atoms with Crippen LogP contribution < -0.4 is 5.32 Å². The first-order valence-corrected chi connectivity index (χ1v) is 13.9. The molecule has 1 aliphatic heterocycles. The number of aromatic nitrogens is 1. The van der Waals surface area contributed by atoms with Crippen LogP contribution in [-0.4, -0.2) is 54.0 Å². The summed E-state index contributed by atoms with van der Waals surface area (Å²) in [6.45, 7) is 1.81. The highest BCUT2D eigenvalue weighted by molar-refractivity contribution is 7.93. The number of benzene rings is 1. The minimum absolute atomic E-state index is 0.00243. The van der Waals surface area contributed by atoms with Crippen LogP contribution in [0.25, 0.3) is 0 Å². The Morgan fingerprint density at radius 3 is 2.30 bits per heavy atom. The third-order valence-electron chi connectivity index (χ3n) is 4.05. The highest BCUT2D eigenvalue weighted by Crippen LogP contribution is 2.36. The van der Waals surface area contributed by atoms with Crippen molar-refractivity contribution in [2.45, 2.75) is 33.6 Å². The molecule has 0 saturated carbocycles. The molecule has 0 unspecified atom stereocenters. The van der Waals surface area contributed by atoms with Gasteiger partial charge in [-0.15, -0.1) is 0 Å². The molecule has 1 aromatic heterocycles. The lowest BCUT2D eigenvalue weighted by molar-refractivity contribution is 0.590. The van der Waals surface area contributed by atoms with Crippen LogP contribution in [0.1, 0.15) is 12.0 Å². The van der Waals surface area contributed by atoms with Gasteiger partial charge in [0.05, 0.1) is 16.4 Å². The summed E-state index contributed by atoms with van der Waals surface area (Å²) < 4.78 is 72.7. The minimum atomic E-state index is -4.07. The molecule has 2 heterocycles. The number of nitrogens with zero attached hydrogens (tertiary/aromatic N) is 1. The van der Waals surface area contributed by atoms with Gasteiger partial charge in [0.1, 0.15) is 5.00 Å². The van der Waals surface area contributed by atoms with Crippen LogP contribution in [0.4, 0.5) is 5.00 Å². The first kappa shape index (κ1) is 20.2. The molecule has 1 fully saturated rings. The molecule has 2 aromatic rings. The number of nitrogens with one attached hydrogen (secondary N) is 1. The molecule has 0 spiro atoms. The minimum Gasteiger partial charge on any atom is -0.371 e. The number of hydrogen-bond acceptors (Lipinski definition) is 9. The monoisotopic (exact) mass is 450 g/mol. The van der Waals surface area contributed by atoms with Gasteiger partial charge in [-0.2, -0.15) is 0 Å². The van der Waals surface area contributed by atoms with E-state index in [9.17, 15) is 25.3 Å². The zero-order valence-corrected chi connectivity index (χ0v) is 17.8. The van der Waals surface area contributed by atoms with Crippen molar-refractivity contribution in [3.8, 4) is 0 Å². The van der Waals surface area contributed by atoms with Crippen LogP contribution in [0.3, 0.4) is 0 Å². The van der Waals surface area contributed by atoms with E-state index in [0.29, 0.717) is 17.8 Å². The van der Waals surface area contributed by atoms with Gasteiger partial charge in [-0.1, -0.05) is 29.0 Å². The maximum Gasteiger partial charge on any atom is 0.226 e. The van der Waals surface area contributed by atoms with Crippen molar-refractivity contribution in [2.75, 3.05) is 23.1 Å². The summed E-state index contributed by atoms with van der Waals surface area (Å²) in [6.07, 6.45) is 1.26. The molecule has 12 heteroatoms. The molecule has 0 radical (unpaired) electrons. The molecule has 1 aliphatic rings. The Hall–Kier alpha value is -1.50. The zero-order chi connectivity index (χ0) is 20.0. The zero-order valence-electron chi connectivity index (χ0n) is 14.5. The van der Waals surface area contributed by atoms with E-state index >= 15 is 0 Å². The fourth-order valence-corrected chi connectivity index (χ4v) is 7.90. The summed E-state index contributed by atoms with van der Waals surface area (Å²) >= 11 is 0.694. The van der Waals surface area contributed by atoms with Crippen LogP contribution >= 0.6 is 11.3 Å². The highest BCUT2D eigenvalue weighted by Gasteiger charge is 2.33. The number of anilines is 1. The molecular formula is C15H18N2O6S4. The van der Waals surface area contributed by atoms with Crippen molar-refractivity contribution < 1.29 is 25.3 Å². The standard InChI is InChI=1S/C15H18N2O6S4/c1-10-3-5-12(6-4-10)27(22,23)14-13(24-15(17-14)25(2,18)19)16-11-7-8-26(20,21)9-11/h3-6,11,16H,7-9H2,1-2H3/t11-/m1/s1. The molecule has 0 amide bonds. The summed E-state index contributed by atoms with van der Waals surface area (Å²) in [5.41, 5.74) is 0.874. The van der Waals surface area contributed by atoms with E-state index in [4.69, 9.17) is 0 Å². The van der Waals surface area contributed by atoms with Crippen molar-refractivity contribution in [3.63, 3.8) is 0 Å². The van der Waals surface area contributed by atoms with Crippen LogP contribution in [0.5, 0.6) is 0 Å². The van der Waals surface area contributed by atoms with Gasteiger partial charge >= 0.3 is 0 Å². The molecule has 1 saturated heterocycles. The van der Waals surface area contributed by atoms with Crippen molar-refractivity contribution in [3.05, 3.63) is 29.8 Å². The Kier molecular flexibility index (Phi) is 5.12. The number of rotatable bonds is 5. The van der Waals surface area contributed by atoms with E-state index < -0.39 is 40.6 Å². The number of hydrogen-bond donors (Lipinski definition) is 1. The van der Waals surface area contributed by atoms with Crippen molar-refractivity contribution in [2.24, 2.45) is 0 Å². The third-order valence-corrected chi connectivity index (χ3v) is 10.3. The topological polar surface area (TPSA) is 127 Å². The lowest BCUT2D eigenvalue weighted by atomic mass is 10.2. The second kappa shape index (κ2) is 6.83. The van der Waals surface area contributed by atoms with E-state index in [0.717, 1.165) is 11.8 Å². The molecule has 0 aliphatic carbocycles. The van der Waals surface area contributed by atoms with Crippen LogP contribution in [0.2, 0.25) is 0 Å². The maximum absolute atomic E-state index is 13.0. The predicted octanol–water partition coefficient (Wildman–Crippen LogP) is 1.29. The Morgan fingerprint density at radius 1 is 1.15 bits per heavy atom. The van der Waals surface area contributed by atoms with E-state index in [1.807, 2.05) is 6.92 Å². The Balaban J connectivity index is 2.08. The summed E-state index contributed by atoms with van der Waals surface area (Å²) in [4.78, 5) is 3.85. The molecule has 0 bridgehead atoms. The fraction of sp³-hybridized carbons (Fsp3) is 0.400. The summed E-state index contributed by atoms with van der Waals surface area (Å²) in [7, 11) is -11.0. The normalized spacial score (nSPS) is 19.9. The van der Waals surface area contributed by atoms with E-state index in [1.54, 1.807) is 12.1 Å². The van der Waals surface area contributed by atoms with Crippen LogP contribution in [0.15, 0.2) is 38.5 Å². The van der Waals surface area contributed by atoms with Crippen molar-refractivity contribution in [1.82, 2.24) is 4.98 Å². The largest absolute Gasteiger partial charge is 0.371 e. The van der Waals surface area contributed by atoms with E-state index in [1.165, 1.54) is 12.1 Å². The Labute approximate surface area is 162 Å². The summed E-state index contributed by atoms with van der Waals surface area (Å²) in [5, 5.41) is 2.52. The first-order chi connectivity index (χ1) is 12.4. The highest BCUT2D eigenvalue weighted by atomic mass is 32.2. The van der Waals surface area contributed by atoms with Crippen LogP contribution in [0, 0.1) is 6.92 Å². The summed E-state index contributed by atoms with van der Waals surface area (Å²) in [5.74, 6) is -0.133. The number of sulfone groups is 3. The van der Waals surface area contributed by atoms with Gasteiger partial charge in [-0.05, 0) is 25.5 Å². The first-order valence-electron chi connectivity index (χ1n) is 7.88. The second-order valence-electron chi connectivity index (χ2n) is 6.45. The van der Waals surface area contributed by atoms with E-state index in [2.05, 4.69) is 10.3 Å².